The van der Waals surface area contributed by atoms with Crippen molar-refractivity contribution in [2.24, 2.45) is 0 Å². The molecule has 0 aliphatic heterocycles. The number of carbonyl (C=O) groups is 1. The molecule has 1 heterocycles. The van der Waals surface area contributed by atoms with Gasteiger partial charge in [0.25, 0.3) is 5.91 Å². The number of sulfone groups is 1. The summed E-state index contributed by atoms with van der Waals surface area (Å²) < 4.78 is 25.4. The Hall–Kier alpha value is -2.64. The predicted molar refractivity (Wildman–Crippen MR) is 113 cm³/mol. The van der Waals surface area contributed by atoms with E-state index in [4.69, 9.17) is 11.6 Å². The fourth-order valence-electron chi connectivity index (χ4n) is 3.07. The molecule has 0 aliphatic rings. The van der Waals surface area contributed by atoms with Crippen molar-refractivity contribution in [2.45, 2.75) is 31.8 Å². The molecular formula is C21H22ClN3O3S. The Morgan fingerprint density at radius 2 is 1.83 bits per heavy atom. The lowest BCUT2D eigenvalue weighted by molar-refractivity contribution is 0.0950. The molecule has 0 aliphatic carbocycles. The Morgan fingerprint density at radius 3 is 2.48 bits per heavy atom. The number of benzene rings is 2. The third-order valence-corrected chi connectivity index (χ3v) is 6.18. The van der Waals surface area contributed by atoms with E-state index >= 15 is 0 Å². The average molecular weight is 432 g/mol. The second-order valence-corrected chi connectivity index (χ2v) is 9.31. The summed E-state index contributed by atoms with van der Waals surface area (Å²) in [5, 5.41) is 7.60. The first-order valence-electron chi connectivity index (χ1n) is 9.01. The van der Waals surface area contributed by atoms with Crippen LogP contribution in [0.4, 0.5) is 0 Å². The first-order valence-corrected chi connectivity index (χ1v) is 11.3. The predicted octanol–water partition coefficient (Wildman–Crippen LogP) is 3.54. The van der Waals surface area contributed by atoms with Gasteiger partial charge in [-0.15, -0.1) is 0 Å². The van der Waals surface area contributed by atoms with Crippen LogP contribution in [-0.4, -0.2) is 30.4 Å². The molecule has 0 radical (unpaired) electrons. The van der Waals surface area contributed by atoms with Crippen LogP contribution in [-0.2, 0) is 22.9 Å². The summed E-state index contributed by atoms with van der Waals surface area (Å²) in [5.74, 6) is -0.435. The molecule has 1 amide bonds. The third-order valence-electron chi connectivity index (χ3n) is 4.74. The fourth-order valence-corrected chi connectivity index (χ4v) is 3.92. The normalized spacial score (nSPS) is 11.4. The highest BCUT2D eigenvalue weighted by molar-refractivity contribution is 7.90. The molecule has 2 aromatic carbocycles. The van der Waals surface area contributed by atoms with E-state index in [1.165, 1.54) is 18.2 Å². The molecule has 29 heavy (non-hydrogen) atoms. The monoisotopic (exact) mass is 431 g/mol. The van der Waals surface area contributed by atoms with Gasteiger partial charge in [-0.3, -0.25) is 9.48 Å². The number of aryl methyl sites for hydroxylation is 1. The smallest absolute Gasteiger partial charge is 0.253 e. The molecule has 3 aromatic rings. The van der Waals surface area contributed by atoms with Crippen molar-refractivity contribution in [3.8, 4) is 0 Å². The van der Waals surface area contributed by atoms with E-state index in [0.29, 0.717) is 6.54 Å². The second-order valence-electron chi connectivity index (χ2n) is 6.89. The maximum Gasteiger partial charge on any atom is 0.253 e. The number of aromatic nitrogens is 2. The van der Waals surface area contributed by atoms with E-state index in [1.54, 1.807) is 0 Å². The number of rotatable bonds is 6. The molecule has 152 valence electrons. The molecule has 0 atom stereocenters. The van der Waals surface area contributed by atoms with Crippen molar-refractivity contribution >= 4 is 27.3 Å². The summed E-state index contributed by atoms with van der Waals surface area (Å²) in [7, 11) is -3.43. The quantitative estimate of drug-likeness (QED) is 0.647. The molecule has 0 fully saturated rings. The van der Waals surface area contributed by atoms with Gasteiger partial charge in [0, 0.05) is 24.1 Å². The van der Waals surface area contributed by atoms with E-state index in [-0.39, 0.29) is 22.0 Å². The van der Waals surface area contributed by atoms with Crippen LogP contribution in [0.25, 0.3) is 0 Å². The molecule has 0 spiro atoms. The Morgan fingerprint density at radius 1 is 1.14 bits per heavy atom. The van der Waals surface area contributed by atoms with Gasteiger partial charge in [0.05, 0.1) is 27.7 Å². The summed E-state index contributed by atoms with van der Waals surface area (Å²) in [5.41, 5.74) is 3.97. The minimum absolute atomic E-state index is 0.0510. The number of carbonyl (C=O) groups excluding carboxylic acids is 1. The Bertz CT molecular complexity index is 1160. The van der Waals surface area contributed by atoms with Gasteiger partial charge in [0.15, 0.2) is 9.84 Å². The number of amides is 1. The summed E-state index contributed by atoms with van der Waals surface area (Å²) in [6.07, 6.45) is 1.09. The lowest BCUT2D eigenvalue weighted by atomic mass is 10.1. The van der Waals surface area contributed by atoms with E-state index in [0.717, 1.165) is 28.8 Å². The maximum atomic E-state index is 12.6. The highest BCUT2D eigenvalue weighted by Gasteiger charge is 2.17. The van der Waals surface area contributed by atoms with Crippen LogP contribution in [0.5, 0.6) is 0 Å². The summed E-state index contributed by atoms with van der Waals surface area (Å²) in [6.45, 7) is 4.77. The zero-order valence-corrected chi connectivity index (χ0v) is 18.0. The summed E-state index contributed by atoms with van der Waals surface area (Å²) in [4.78, 5) is 12.7. The number of hydrogen-bond acceptors (Lipinski definition) is 4. The van der Waals surface area contributed by atoms with Crippen molar-refractivity contribution in [3.05, 3.63) is 81.6 Å². The third kappa shape index (κ3) is 4.86. The molecule has 6 nitrogen and oxygen atoms in total. The molecular weight excluding hydrogens is 410 g/mol. The SMILES string of the molecule is Cc1nn(Cc2ccccc2)c(C)c1CNC(=O)c1cc(S(C)(=O)=O)ccc1Cl. The van der Waals surface area contributed by atoms with Crippen molar-refractivity contribution in [2.75, 3.05) is 6.26 Å². The van der Waals surface area contributed by atoms with Crippen LogP contribution in [0.1, 0.15) is 32.9 Å². The highest BCUT2D eigenvalue weighted by atomic mass is 35.5. The molecule has 0 unspecified atom stereocenters. The van der Waals surface area contributed by atoms with Crippen LogP contribution in [0, 0.1) is 13.8 Å². The van der Waals surface area contributed by atoms with E-state index in [2.05, 4.69) is 10.4 Å². The Labute approximate surface area is 175 Å². The van der Waals surface area contributed by atoms with Gasteiger partial charge < -0.3 is 5.32 Å². The lowest BCUT2D eigenvalue weighted by Crippen LogP contribution is -2.24. The van der Waals surface area contributed by atoms with Gasteiger partial charge in [0.2, 0.25) is 0 Å². The van der Waals surface area contributed by atoms with Gasteiger partial charge in [-0.25, -0.2) is 8.42 Å². The summed E-state index contributed by atoms with van der Waals surface area (Å²) in [6, 6.07) is 14.1. The van der Waals surface area contributed by atoms with Crippen molar-refractivity contribution in [1.29, 1.82) is 0 Å². The standard InChI is InChI=1S/C21H22ClN3O3S/c1-14-19(15(2)25(24-14)13-16-7-5-4-6-8-16)12-23-21(26)18-11-17(29(3,27)28)9-10-20(18)22/h4-11H,12-13H2,1-3H3,(H,23,26). The number of halogens is 1. The molecule has 3 rings (SSSR count). The van der Waals surface area contributed by atoms with E-state index in [1.807, 2.05) is 48.9 Å². The van der Waals surface area contributed by atoms with Crippen LogP contribution >= 0.6 is 11.6 Å². The summed E-state index contributed by atoms with van der Waals surface area (Å²) >= 11 is 6.11. The molecule has 8 heteroatoms. The Balaban J connectivity index is 1.77. The second kappa shape index (κ2) is 8.39. The minimum atomic E-state index is -3.43. The van der Waals surface area contributed by atoms with Crippen LogP contribution in [0.15, 0.2) is 53.4 Å². The van der Waals surface area contributed by atoms with Crippen molar-refractivity contribution in [3.63, 3.8) is 0 Å². The minimum Gasteiger partial charge on any atom is -0.348 e. The number of nitrogens with zero attached hydrogens (tertiary/aromatic N) is 2. The van der Waals surface area contributed by atoms with Crippen molar-refractivity contribution in [1.82, 2.24) is 15.1 Å². The molecule has 0 saturated heterocycles. The number of hydrogen-bond donors (Lipinski definition) is 1. The first kappa shape index (κ1) is 21.1. The van der Waals surface area contributed by atoms with Gasteiger partial charge in [-0.2, -0.15) is 5.10 Å². The first-order chi connectivity index (χ1) is 13.7. The lowest BCUT2D eigenvalue weighted by Gasteiger charge is -2.09. The molecule has 1 N–H and O–H groups in total. The van der Waals surface area contributed by atoms with Crippen LogP contribution < -0.4 is 5.32 Å². The molecule has 0 saturated carbocycles. The van der Waals surface area contributed by atoms with Gasteiger partial charge >= 0.3 is 0 Å². The average Bonchev–Trinajstić information content (AvgIpc) is 2.93. The topological polar surface area (TPSA) is 81.1 Å². The Kier molecular flexibility index (Phi) is 6.10. The maximum absolute atomic E-state index is 12.6. The zero-order chi connectivity index (χ0) is 21.2. The van der Waals surface area contributed by atoms with Crippen molar-refractivity contribution < 1.29 is 13.2 Å². The van der Waals surface area contributed by atoms with Crippen LogP contribution in [0.2, 0.25) is 5.02 Å². The zero-order valence-electron chi connectivity index (χ0n) is 16.4. The highest BCUT2D eigenvalue weighted by Crippen LogP contribution is 2.21. The molecule has 0 bridgehead atoms. The van der Waals surface area contributed by atoms with Gasteiger partial charge in [-0.05, 0) is 37.6 Å². The van der Waals surface area contributed by atoms with E-state index in [9.17, 15) is 13.2 Å². The largest absolute Gasteiger partial charge is 0.348 e. The molecule has 1 aromatic heterocycles. The van der Waals surface area contributed by atoms with Gasteiger partial charge in [-0.1, -0.05) is 41.9 Å². The van der Waals surface area contributed by atoms with Crippen LogP contribution in [0.3, 0.4) is 0 Å². The fraction of sp³-hybridized carbons (Fsp3) is 0.238. The number of nitrogens with one attached hydrogen (secondary N) is 1. The van der Waals surface area contributed by atoms with E-state index < -0.39 is 15.7 Å². The van der Waals surface area contributed by atoms with Gasteiger partial charge in [0.1, 0.15) is 0 Å².